The van der Waals surface area contributed by atoms with Crippen molar-refractivity contribution >= 4 is 16.7 Å². The second-order valence-electron chi connectivity index (χ2n) is 5.20. The molecule has 7 heteroatoms. The number of anilines is 1. The summed E-state index contributed by atoms with van der Waals surface area (Å²) < 4.78 is 10.8. The standard InChI is InChI=1S/C15H17N5O2/c1-9-6-12-13(15(17-9)21-3)14(19-10(2)18-12)20-4-5-22-11(7-16)8-20/h6,11H,4-5,8H2,1-3H3. The van der Waals surface area contributed by atoms with Crippen LogP contribution in [0.25, 0.3) is 10.9 Å². The van der Waals surface area contributed by atoms with E-state index in [1.54, 1.807) is 7.11 Å². The molecule has 3 heterocycles. The second-order valence-corrected chi connectivity index (χ2v) is 5.20. The number of nitriles is 1. The van der Waals surface area contributed by atoms with Crippen molar-refractivity contribution in [2.24, 2.45) is 0 Å². The summed E-state index contributed by atoms with van der Waals surface area (Å²) in [4.78, 5) is 15.5. The Bertz CT molecular complexity index is 750. The van der Waals surface area contributed by atoms with Crippen molar-refractivity contribution in [2.75, 3.05) is 31.7 Å². The van der Waals surface area contributed by atoms with Gasteiger partial charge in [-0.1, -0.05) is 0 Å². The third-order valence-corrected chi connectivity index (χ3v) is 3.57. The molecule has 114 valence electrons. The Labute approximate surface area is 128 Å². The van der Waals surface area contributed by atoms with E-state index in [4.69, 9.17) is 14.7 Å². The first kappa shape index (κ1) is 14.5. The Balaban J connectivity index is 2.18. The molecule has 1 saturated heterocycles. The minimum Gasteiger partial charge on any atom is -0.480 e. The molecule has 1 fully saturated rings. The first-order chi connectivity index (χ1) is 10.6. The lowest BCUT2D eigenvalue weighted by Gasteiger charge is -2.31. The third-order valence-electron chi connectivity index (χ3n) is 3.57. The fourth-order valence-corrected chi connectivity index (χ4v) is 2.63. The van der Waals surface area contributed by atoms with Gasteiger partial charge in [0.15, 0.2) is 6.10 Å². The molecule has 1 atom stereocenters. The Morgan fingerprint density at radius 1 is 1.36 bits per heavy atom. The molecule has 0 amide bonds. The third kappa shape index (κ3) is 2.53. The number of hydrogen-bond donors (Lipinski definition) is 0. The number of fused-ring (bicyclic) bond motifs is 1. The molecule has 0 radical (unpaired) electrons. The summed E-state index contributed by atoms with van der Waals surface area (Å²) in [6.07, 6.45) is -0.455. The van der Waals surface area contributed by atoms with Gasteiger partial charge in [0.2, 0.25) is 5.88 Å². The topological polar surface area (TPSA) is 84.2 Å². The van der Waals surface area contributed by atoms with Gasteiger partial charge in [0.25, 0.3) is 0 Å². The van der Waals surface area contributed by atoms with E-state index in [9.17, 15) is 0 Å². The molecule has 2 aromatic rings. The maximum atomic E-state index is 9.09. The quantitative estimate of drug-likeness (QED) is 0.828. The van der Waals surface area contributed by atoms with Crippen LogP contribution in [-0.4, -0.2) is 47.9 Å². The smallest absolute Gasteiger partial charge is 0.226 e. The van der Waals surface area contributed by atoms with Crippen LogP contribution < -0.4 is 9.64 Å². The summed E-state index contributed by atoms with van der Waals surface area (Å²) in [6, 6.07) is 4.06. The van der Waals surface area contributed by atoms with Crippen LogP contribution in [0.3, 0.4) is 0 Å². The summed E-state index contributed by atoms with van der Waals surface area (Å²) in [5.41, 5.74) is 1.64. The van der Waals surface area contributed by atoms with Crippen LogP contribution in [0.5, 0.6) is 5.88 Å². The normalized spacial score (nSPS) is 18.3. The van der Waals surface area contributed by atoms with E-state index in [1.165, 1.54) is 0 Å². The fraction of sp³-hybridized carbons (Fsp3) is 0.467. The highest BCUT2D eigenvalue weighted by molar-refractivity contribution is 5.94. The molecule has 0 saturated carbocycles. The Morgan fingerprint density at radius 3 is 2.91 bits per heavy atom. The number of aryl methyl sites for hydroxylation is 2. The van der Waals surface area contributed by atoms with Gasteiger partial charge in [0.05, 0.1) is 31.8 Å². The highest BCUT2D eigenvalue weighted by Crippen LogP contribution is 2.32. The first-order valence-electron chi connectivity index (χ1n) is 7.08. The largest absolute Gasteiger partial charge is 0.480 e. The molecule has 3 rings (SSSR count). The van der Waals surface area contributed by atoms with Crippen molar-refractivity contribution < 1.29 is 9.47 Å². The SMILES string of the molecule is COc1nc(C)cc2nc(C)nc(N3CCOC(C#N)C3)c12. The van der Waals surface area contributed by atoms with Gasteiger partial charge in [-0.3, -0.25) is 0 Å². The number of hydrogen-bond acceptors (Lipinski definition) is 7. The van der Waals surface area contributed by atoms with Crippen LogP contribution >= 0.6 is 0 Å². The molecule has 1 unspecified atom stereocenters. The monoisotopic (exact) mass is 299 g/mol. The zero-order valence-electron chi connectivity index (χ0n) is 12.8. The number of ether oxygens (including phenoxy) is 2. The maximum absolute atomic E-state index is 9.09. The van der Waals surface area contributed by atoms with Crippen molar-refractivity contribution in [2.45, 2.75) is 20.0 Å². The van der Waals surface area contributed by atoms with Crippen molar-refractivity contribution in [3.63, 3.8) is 0 Å². The van der Waals surface area contributed by atoms with Gasteiger partial charge in [0.1, 0.15) is 17.0 Å². The molecule has 1 aliphatic heterocycles. The van der Waals surface area contributed by atoms with Crippen molar-refractivity contribution in [1.29, 1.82) is 5.26 Å². The Kier molecular flexibility index (Phi) is 3.77. The number of morpholine rings is 1. The molecular weight excluding hydrogens is 282 g/mol. The first-order valence-corrected chi connectivity index (χ1v) is 7.08. The van der Waals surface area contributed by atoms with Gasteiger partial charge >= 0.3 is 0 Å². The van der Waals surface area contributed by atoms with Crippen LogP contribution in [0.15, 0.2) is 6.07 Å². The van der Waals surface area contributed by atoms with E-state index in [2.05, 4.69) is 21.0 Å². The van der Waals surface area contributed by atoms with Gasteiger partial charge in [-0.15, -0.1) is 0 Å². The average molecular weight is 299 g/mol. The lowest BCUT2D eigenvalue weighted by Crippen LogP contribution is -2.42. The maximum Gasteiger partial charge on any atom is 0.226 e. The van der Waals surface area contributed by atoms with Crippen molar-refractivity contribution in [3.8, 4) is 11.9 Å². The molecule has 1 aliphatic rings. The fourth-order valence-electron chi connectivity index (χ4n) is 2.63. The highest BCUT2D eigenvalue weighted by Gasteiger charge is 2.25. The van der Waals surface area contributed by atoms with Crippen LogP contribution in [0.2, 0.25) is 0 Å². The number of nitrogens with zero attached hydrogens (tertiary/aromatic N) is 5. The van der Waals surface area contributed by atoms with Crippen LogP contribution in [0.1, 0.15) is 11.5 Å². The van der Waals surface area contributed by atoms with Gasteiger partial charge in [-0.05, 0) is 19.9 Å². The summed E-state index contributed by atoms with van der Waals surface area (Å²) in [7, 11) is 1.59. The van der Waals surface area contributed by atoms with E-state index in [-0.39, 0.29) is 0 Å². The van der Waals surface area contributed by atoms with Crippen LogP contribution in [0, 0.1) is 25.2 Å². The molecule has 0 aromatic carbocycles. The number of methoxy groups -OCH3 is 1. The van der Waals surface area contributed by atoms with Crippen LogP contribution in [-0.2, 0) is 4.74 Å². The van der Waals surface area contributed by atoms with E-state index in [1.807, 2.05) is 24.8 Å². The molecule has 0 aliphatic carbocycles. The summed E-state index contributed by atoms with van der Waals surface area (Å²) >= 11 is 0. The predicted octanol–water partition coefficient (Wildman–Crippen LogP) is 1.38. The van der Waals surface area contributed by atoms with E-state index < -0.39 is 6.10 Å². The molecule has 22 heavy (non-hydrogen) atoms. The molecule has 0 spiro atoms. The van der Waals surface area contributed by atoms with Crippen molar-refractivity contribution in [3.05, 3.63) is 17.6 Å². The Morgan fingerprint density at radius 2 is 2.18 bits per heavy atom. The molecule has 0 N–H and O–H groups in total. The number of rotatable bonds is 2. The number of pyridine rings is 1. The van der Waals surface area contributed by atoms with E-state index >= 15 is 0 Å². The lowest BCUT2D eigenvalue weighted by molar-refractivity contribution is 0.0762. The minimum atomic E-state index is -0.455. The Hall–Kier alpha value is -2.46. The zero-order chi connectivity index (χ0) is 15.7. The van der Waals surface area contributed by atoms with Gasteiger partial charge in [0, 0.05) is 12.2 Å². The van der Waals surface area contributed by atoms with Gasteiger partial charge in [-0.2, -0.15) is 5.26 Å². The van der Waals surface area contributed by atoms with Crippen molar-refractivity contribution in [1.82, 2.24) is 15.0 Å². The summed E-state index contributed by atoms with van der Waals surface area (Å²) in [6.45, 7) is 5.39. The molecular formula is C15H17N5O2. The number of aromatic nitrogens is 3. The van der Waals surface area contributed by atoms with Crippen LogP contribution in [0.4, 0.5) is 5.82 Å². The predicted molar refractivity (Wildman–Crippen MR) is 80.9 cm³/mol. The summed E-state index contributed by atoms with van der Waals surface area (Å²) in [5, 5.41) is 9.86. The average Bonchev–Trinajstić information content (AvgIpc) is 2.52. The van der Waals surface area contributed by atoms with E-state index in [0.29, 0.717) is 31.4 Å². The lowest BCUT2D eigenvalue weighted by atomic mass is 10.2. The minimum absolute atomic E-state index is 0.455. The summed E-state index contributed by atoms with van der Waals surface area (Å²) in [5.74, 6) is 1.93. The molecule has 7 nitrogen and oxygen atoms in total. The van der Waals surface area contributed by atoms with E-state index in [0.717, 1.165) is 22.4 Å². The van der Waals surface area contributed by atoms with Gasteiger partial charge in [-0.25, -0.2) is 15.0 Å². The molecule has 0 bridgehead atoms. The zero-order valence-corrected chi connectivity index (χ0v) is 12.8. The highest BCUT2D eigenvalue weighted by atomic mass is 16.5. The second kappa shape index (κ2) is 5.73. The van der Waals surface area contributed by atoms with Gasteiger partial charge < -0.3 is 14.4 Å². The molecule has 2 aromatic heterocycles.